The van der Waals surface area contributed by atoms with Crippen LogP contribution < -0.4 is 5.32 Å². The number of aromatic carboxylic acids is 1. The number of carbonyl (C=O) groups is 1. The second-order valence-electron chi connectivity index (χ2n) is 7.69. The van der Waals surface area contributed by atoms with E-state index < -0.39 is 5.97 Å². The van der Waals surface area contributed by atoms with Crippen LogP contribution in [0.4, 0.5) is 5.69 Å². The van der Waals surface area contributed by atoms with Crippen LogP contribution in [0.25, 0.3) is 0 Å². The number of hydrogen-bond donors (Lipinski definition) is 2. The molecule has 4 heteroatoms. The van der Waals surface area contributed by atoms with E-state index in [9.17, 15) is 9.90 Å². The van der Waals surface area contributed by atoms with Gasteiger partial charge in [0.15, 0.2) is 0 Å². The third kappa shape index (κ3) is 2.22. The molecule has 2 bridgehead atoms. The first-order valence-electron chi connectivity index (χ1n) is 9.01. The first-order chi connectivity index (χ1) is 12.1. The largest absolute Gasteiger partial charge is 0.478 e. The Labute approximate surface area is 152 Å². The van der Waals surface area contributed by atoms with Gasteiger partial charge in [-0.05, 0) is 78.3 Å². The van der Waals surface area contributed by atoms with Crippen LogP contribution in [0.5, 0.6) is 0 Å². The van der Waals surface area contributed by atoms with Crippen molar-refractivity contribution in [2.75, 3.05) is 5.32 Å². The first kappa shape index (κ1) is 15.3. The van der Waals surface area contributed by atoms with E-state index in [1.807, 2.05) is 30.3 Å². The van der Waals surface area contributed by atoms with Gasteiger partial charge in [0.25, 0.3) is 0 Å². The lowest BCUT2D eigenvalue weighted by Gasteiger charge is -2.43. The van der Waals surface area contributed by atoms with Crippen molar-refractivity contribution in [3.05, 3.63) is 64.2 Å². The summed E-state index contributed by atoms with van der Waals surface area (Å²) >= 11 is 6.53. The fourth-order valence-corrected chi connectivity index (χ4v) is 5.91. The zero-order valence-electron chi connectivity index (χ0n) is 13.8. The number of nitrogens with one attached hydrogen (secondary N) is 1. The van der Waals surface area contributed by atoms with Gasteiger partial charge < -0.3 is 10.4 Å². The maximum absolute atomic E-state index is 11.4. The molecule has 2 aliphatic carbocycles. The molecule has 0 unspecified atom stereocenters. The Morgan fingerprint density at radius 2 is 1.88 bits per heavy atom. The Bertz CT molecular complexity index is 865. The molecular weight excluding hydrogens is 334 g/mol. The molecule has 128 valence electrons. The van der Waals surface area contributed by atoms with E-state index in [1.54, 1.807) is 6.07 Å². The molecule has 25 heavy (non-hydrogen) atoms. The lowest BCUT2D eigenvalue weighted by molar-refractivity contribution is 0.0696. The van der Waals surface area contributed by atoms with E-state index in [4.69, 9.17) is 11.6 Å². The number of benzene rings is 2. The van der Waals surface area contributed by atoms with Gasteiger partial charge in [-0.1, -0.05) is 29.8 Å². The van der Waals surface area contributed by atoms with Crippen LogP contribution in [-0.2, 0) is 0 Å². The predicted octanol–water partition coefficient (Wildman–Crippen LogP) is 5.33. The Hall–Kier alpha value is -2.00. The van der Waals surface area contributed by atoms with Crippen LogP contribution in [0.15, 0.2) is 42.5 Å². The molecule has 3 nitrogen and oxygen atoms in total. The summed E-state index contributed by atoms with van der Waals surface area (Å²) in [6, 6.07) is 13.8. The number of hydrogen-bond acceptors (Lipinski definition) is 2. The molecule has 3 aliphatic rings. The highest BCUT2D eigenvalue weighted by Crippen LogP contribution is 2.64. The van der Waals surface area contributed by atoms with Crippen molar-refractivity contribution >= 4 is 23.3 Å². The van der Waals surface area contributed by atoms with E-state index >= 15 is 0 Å². The lowest BCUT2D eigenvalue weighted by atomic mass is 9.68. The number of rotatable bonds is 2. The van der Waals surface area contributed by atoms with Gasteiger partial charge in [0.05, 0.1) is 11.6 Å². The van der Waals surface area contributed by atoms with Crippen molar-refractivity contribution in [3.63, 3.8) is 0 Å². The summed E-state index contributed by atoms with van der Waals surface area (Å²) in [7, 11) is 0. The molecule has 0 saturated heterocycles. The second-order valence-corrected chi connectivity index (χ2v) is 8.09. The van der Waals surface area contributed by atoms with Crippen LogP contribution in [0.3, 0.4) is 0 Å². The van der Waals surface area contributed by atoms with Crippen molar-refractivity contribution < 1.29 is 9.90 Å². The molecule has 2 fully saturated rings. The molecule has 2 aromatic rings. The highest BCUT2D eigenvalue weighted by molar-refractivity contribution is 6.31. The van der Waals surface area contributed by atoms with Crippen molar-refractivity contribution in [1.82, 2.24) is 0 Å². The highest BCUT2D eigenvalue weighted by Gasteiger charge is 2.54. The number of fused-ring (bicyclic) bond motifs is 7. The van der Waals surface area contributed by atoms with Crippen LogP contribution in [0, 0.1) is 17.8 Å². The quantitative estimate of drug-likeness (QED) is 0.766. The Kier molecular flexibility index (Phi) is 3.36. The van der Waals surface area contributed by atoms with Gasteiger partial charge in [-0.3, -0.25) is 0 Å². The zero-order valence-corrected chi connectivity index (χ0v) is 14.5. The van der Waals surface area contributed by atoms with Crippen molar-refractivity contribution in [1.29, 1.82) is 0 Å². The van der Waals surface area contributed by atoms with Gasteiger partial charge in [-0.15, -0.1) is 0 Å². The fraction of sp³-hybridized carbons (Fsp3) is 0.381. The summed E-state index contributed by atoms with van der Waals surface area (Å²) in [5, 5.41) is 13.9. The van der Waals surface area contributed by atoms with Gasteiger partial charge in [-0.25, -0.2) is 4.79 Å². The fourth-order valence-electron chi connectivity index (χ4n) is 5.66. The molecule has 5 rings (SSSR count). The summed E-state index contributed by atoms with van der Waals surface area (Å²) < 4.78 is 0. The van der Waals surface area contributed by atoms with E-state index in [2.05, 4.69) is 11.4 Å². The highest BCUT2D eigenvalue weighted by atomic mass is 35.5. The summed E-state index contributed by atoms with van der Waals surface area (Å²) in [6.45, 7) is 0. The Morgan fingerprint density at radius 3 is 2.68 bits per heavy atom. The van der Waals surface area contributed by atoms with Gasteiger partial charge in [0, 0.05) is 10.7 Å². The summed E-state index contributed by atoms with van der Waals surface area (Å²) in [4.78, 5) is 11.4. The molecule has 1 heterocycles. The molecule has 5 atom stereocenters. The summed E-state index contributed by atoms with van der Waals surface area (Å²) in [5.41, 5.74) is 3.82. The second kappa shape index (κ2) is 5.50. The Morgan fingerprint density at radius 1 is 1.08 bits per heavy atom. The van der Waals surface area contributed by atoms with E-state index in [0.29, 0.717) is 29.2 Å². The molecule has 2 N–H and O–H groups in total. The lowest BCUT2D eigenvalue weighted by Crippen LogP contribution is -2.35. The predicted molar refractivity (Wildman–Crippen MR) is 98.3 cm³/mol. The van der Waals surface area contributed by atoms with Crippen molar-refractivity contribution in [2.45, 2.75) is 31.2 Å². The summed E-state index contributed by atoms with van der Waals surface area (Å²) in [5.74, 6) is 1.46. The third-order valence-electron chi connectivity index (χ3n) is 6.57. The minimum atomic E-state index is -0.851. The number of halogens is 1. The number of anilines is 1. The monoisotopic (exact) mass is 353 g/mol. The van der Waals surface area contributed by atoms with Crippen molar-refractivity contribution in [2.24, 2.45) is 17.8 Å². The average molecular weight is 354 g/mol. The van der Waals surface area contributed by atoms with Crippen LogP contribution in [-0.4, -0.2) is 11.1 Å². The SMILES string of the molecule is O=C(O)c1ccc2c(c1)[C@@H]1[C@@H]3CC[C@@H](C3)[C@@H]1[C@@H](c1ccccc1Cl)N2. The average Bonchev–Trinajstić information content (AvgIpc) is 3.23. The zero-order chi connectivity index (χ0) is 17.1. The molecular formula is C21H20ClNO2. The topological polar surface area (TPSA) is 49.3 Å². The summed E-state index contributed by atoms with van der Waals surface area (Å²) in [6.07, 6.45) is 3.80. The van der Waals surface area contributed by atoms with Gasteiger partial charge in [0.2, 0.25) is 0 Å². The Balaban J connectivity index is 1.65. The molecule has 0 spiro atoms. The van der Waals surface area contributed by atoms with Crippen LogP contribution in [0.1, 0.15) is 52.7 Å². The van der Waals surface area contributed by atoms with Crippen molar-refractivity contribution in [3.8, 4) is 0 Å². The standard InChI is InChI=1S/C21H20ClNO2/c22-16-4-2-1-3-14(16)20-19-12-6-5-11(9-12)18(19)15-10-13(21(24)25)7-8-17(15)23-20/h1-4,7-8,10-12,18-20,23H,5-6,9H2,(H,24,25)/t11-,12+,18+,19+,20-/m1/s1. The van der Waals surface area contributed by atoms with Crippen LogP contribution in [0.2, 0.25) is 5.02 Å². The first-order valence-corrected chi connectivity index (χ1v) is 9.39. The number of carboxylic acid groups (broad SMARTS) is 1. The number of carboxylic acids is 1. The molecule has 1 aliphatic heterocycles. The van der Waals surface area contributed by atoms with Gasteiger partial charge in [0.1, 0.15) is 0 Å². The van der Waals surface area contributed by atoms with Gasteiger partial charge in [-0.2, -0.15) is 0 Å². The molecule has 0 radical (unpaired) electrons. The van der Waals surface area contributed by atoms with Crippen LogP contribution >= 0.6 is 11.6 Å². The maximum atomic E-state index is 11.4. The minimum absolute atomic E-state index is 0.206. The third-order valence-corrected chi connectivity index (χ3v) is 6.92. The minimum Gasteiger partial charge on any atom is -0.478 e. The molecule has 2 aromatic carbocycles. The molecule has 0 amide bonds. The van der Waals surface area contributed by atoms with E-state index in [0.717, 1.165) is 10.7 Å². The van der Waals surface area contributed by atoms with E-state index in [1.165, 1.54) is 30.4 Å². The smallest absolute Gasteiger partial charge is 0.335 e. The molecule has 0 aromatic heterocycles. The normalized spacial score (nSPS) is 32.0. The maximum Gasteiger partial charge on any atom is 0.335 e. The molecule has 2 saturated carbocycles. The van der Waals surface area contributed by atoms with E-state index in [-0.39, 0.29) is 6.04 Å². The van der Waals surface area contributed by atoms with Gasteiger partial charge >= 0.3 is 5.97 Å².